The summed E-state index contributed by atoms with van der Waals surface area (Å²) >= 11 is 0. The summed E-state index contributed by atoms with van der Waals surface area (Å²) in [5.41, 5.74) is 1.11. The number of halogens is 1. The molecule has 27 heavy (non-hydrogen) atoms. The molecule has 2 N–H and O–H groups in total. The van der Waals surface area contributed by atoms with Gasteiger partial charge in [0.15, 0.2) is 5.96 Å². The molecule has 0 unspecified atom stereocenters. The van der Waals surface area contributed by atoms with E-state index in [-0.39, 0.29) is 24.0 Å². The second-order valence-corrected chi connectivity index (χ2v) is 6.40. The average molecular weight is 491 g/mol. The fourth-order valence-electron chi connectivity index (χ4n) is 3.03. The van der Waals surface area contributed by atoms with Gasteiger partial charge in [-0.05, 0) is 51.2 Å². The van der Waals surface area contributed by atoms with Crippen LogP contribution in [0, 0.1) is 0 Å². The van der Waals surface area contributed by atoms with Crippen molar-refractivity contribution in [3.63, 3.8) is 0 Å². The molecular weight excluding hydrogens is 457 g/mol. The van der Waals surface area contributed by atoms with Crippen LogP contribution in [0.2, 0.25) is 0 Å². The van der Waals surface area contributed by atoms with Crippen molar-refractivity contribution in [2.24, 2.45) is 4.99 Å². The fourth-order valence-corrected chi connectivity index (χ4v) is 3.03. The van der Waals surface area contributed by atoms with E-state index in [1.807, 2.05) is 19.1 Å². The summed E-state index contributed by atoms with van der Waals surface area (Å²) in [6.07, 6.45) is 6.03. The minimum atomic E-state index is 0. The maximum absolute atomic E-state index is 6.24. The Kier molecular flexibility index (Phi) is 12.2. The van der Waals surface area contributed by atoms with Crippen molar-refractivity contribution in [2.45, 2.75) is 51.7 Å². The van der Waals surface area contributed by atoms with Gasteiger partial charge in [0, 0.05) is 45.0 Å². The highest BCUT2D eigenvalue weighted by molar-refractivity contribution is 14.0. The minimum Gasteiger partial charge on any atom is -0.497 e. The second kappa shape index (κ2) is 13.9. The number of benzene rings is 1. The molecule has 1 aliphatic rings. The van der Waals surface area contributed by atoms with Crippen LogP contribution in [0.1, 0.15) is 44.6 Å². The maximum Gasteiger partial charge on any atom is 0.191 e. The molecule has 1 aromatic rings. The summed E-state index contributed by atoms with van der Waals surface area (Å²) in [5, 5.41) is 6.66. The molecule has 6 nitrogen and oxygen atoms in total. The number of guanidine groups is 1. The molecule has 2 rings (SSSR count). The first-order valence-corrected chi connectivity index (χ1v) is 9.62. The number of hydrogen-bond acceptors (Lipinski definition) is 4. The third-order valence-corrected chi connectivity index (χ3v) is 4.50. The van der Waals surface area contributed by atoms with Crippen LogP contribution in [-0.2, 0) is 11.3 Å². The molecular formula is C20H34IN3O3. The SMILES string of the molecule is CCOCCCNC(=NC)NCc1ccc(OC)cc1OC1CCCC1.I. The van der Waals surface area contributed by atoms with Crippen LogP contribution in [0.5, 0.6) is 11.5 Å². The Balaban J connectivity index is 0.00000364. The van der Waals surface area contributed by atoms with Gasteiger partial charge in [-0.1, -0.05) is 0 Å². The van der Waals surface area contributed by atoms with Crippen molar-refractivity contribution in [3.05, 3.63) is 23.8 Å². The van der Waals surface area contributed by atoms with Gasteiger partial charge in [0.1, 0.15) is 11.5 Å². The van der Waals surface area contributed by atoms with Crippen LogP contribution in [0.4, 0.5) is 0 Å². The lowest BCUT2D eigenvalue weighted by atomic mass is 10.2. The zero-order chi connectivity index (χ0) is 18.6. The molecule has 0 saturated heterocycles. The van der Waals surface area contributed by atoms with Gasteiger partial charge in [0.2, 0.25) is 0 Å². The average Bonchev–Trinajstić information content (AvgIpc) is 3.17. The molecule has 154 valence electrons. The van der Waals surface area contributed by atoms with Gasteiger partial charge >= 0.3 is 0 Å². The van der Waals surface area contributed by atoms with Crippen LogP contribution >= 0.6 is 24.0 Å². The topological polar surface area (TPSA) is 64.1 Å². The largest absolute Gasteiger partial charge is 0.497 e. The number of aliphatic imine (C=N–C) groups is 1. The van der Waals surface area contributed by atoms with Gasteiger partial charge in [-0.2, -0.15) is 0 Å². The zero-order valence-corrected chi connectivity index (χ0v) is 19.1. The quantitative estimate of drug-likeness (QED) is 0.226. The Labute approximate surface area is 180 Å². The minimum absolute atomic E-state index is 0. The van der Waals surface area contributed by atoms with Crippen LogP contribution in [0.3, 0.4) is 0 Å². The normalized spacial score (nSPS) is 14.6. The number of nitrogens with zero attached hydrogens (tertiary/aromatic N) is 1. The van der Waals surface area contributed by atoms with Gasteiger partial charge in [-0.15, -0.1) is 24.0 Å². The van der Waals surface area contributed by atoms with Gasteiger partial charge in [-0.25, -0.2) is 0 Å². The smallest absolute Gasteiger partial charge is 0.191 e. The number of rotatable bonds is 10. The molecule has 0 aromatic heterocycles. The first kappa shape index (κ1) is 23.8. The Hall–Kier alpha value is -1.22. The zero-order valence-electron chi connectivity index (χ0n) is 16.8. The van der Waals surface area contributed by atoms with Crippen molar-refractivity contribution in [3.8, 4) is 11.5 Å². The van der Waals surface area contributed by atoms with E-state index in [0.29, 0.717) is 12.6 Å². The van der Waals surface area contributed by atoms with Crippen LogP contribution in [0.25, 0.3) is 0 Å². The van der Waals surface area contributed by atoms with Crippen molar-refractivity contribution >= 4 is 29.9 Å². The molecule has 1 fully saturated rings. The lowest BCUT2D eigenvalue weighted by Crippen LogP contribution is -2.37. The van der Waals surface area contributed by atoms with E-state index in [1.165, 1.54) is 12.8 Å². The van der Waals surface area contributed by atoms with E-state index in [0.717, 1.165) is 62.0 Å². The molecule has 0 radical (unpaired) electrons. The molecule has 7 heteroatoms. The standard InChI is InChI=1S/C20H33N3O3.HI/c1-4-25-13-7-12-22-20(21-2)23-15-16-10-11-18(24-3)14-19(16)26-17-8-5-6-9-17;/h10-11,14,17H,4-9,12-13,15H2,1-3H3,(H2,21,22,23);1H. The molecule has 1 saturated carbocycles. The lowest BCUT2D eigenvalue weighted by molar-refractivity contribution is 0.145. The maximum atomic E-state index is 6.24. The highest BCUT2D eigenvalue weighted by Crippen LogP contribution is 2.29. The Morgan fingerprint density at radius 2 is 2.00 bits per heavy atom. The third-order valence-electron chi connectivity index (χ3n) is 4.50. The molecule has 0 atom stereocenters. The summed E-state index contributed by atoms with van der Waals surface area (Å²) in [6, 6.07) is 6.00. The molecule has 0 spiro atoms. The van der Waals surface area contributed by atoms with Crippen molar-refractivity contribution < 1.29 is 14.2 Å². The third kappa shape index (κ3) is 8.55. The number of methoxy groups -OCH3 is 1. The fraction of sp³-hybridized carbons (Fsp3) is 0.650. The van der Waals surface area contributed by atoms with Gasteiger partial charge in [0.25, 0.3) is 0 Å². The van der Waals surface area contributed by atoms with E-state index in [1.54, 1.807) is 14.2 Å². The van der Waals surface area contributed by atoms with Gasteiger partial charge < -0.3 is 24.8 Å². The van der Waals surface area contributed by atoms with E-state index in [9.17, 15) is 0 Å². The molecule has 0 heterocycles. The van der Waals surface area contributed by atoms with E-state index < -0.39 is 0 Å². The van der Waals surface area contributed by atoms with E-state index in [4.69, 9.17) is 14.2 Å². The van der Waals surface area contributed by atoms with Crippen molar-refractivity contribution in [2.75, 3.05) is 33.9 Å². The second-order valence-electron chi connectivity index (χ2n) is 6.40. The Morgan fingerprint density at radius 3 is 2.67 bits per heavy atom. The molecule has 1 aliphatic carbocycles. The van der Waals surface area contributed by atoms with Crippen molar-refractivity contribution in [1.29, 1.82) is 0 Å². The summed E-state index contributed by atoms with van der Waals surface area (Å²) in [4.78, 5) is 4.28. The van der Waals surface area contributed by atoms with Crippen molar-refractivity contribution in [1.82, 2.24) is 10.6 Å². The summed E-state index contributed by atoms with van der Waals surface area (Å²) in [7, 11) is 3.46. The predicted octanol–water partition coefficient (Wildman–Crippen LogP) is 3.73. The molecule has 0 bridgehead atoms. The first-order valence-electron chi connectivity index (χ1n) is 9.62. The van der Waals surface area contributed by atoms with E-state index >= 15 is 0 Å². The van der Waals surface area contributed by atoms with Gasteiger partial charge in [0.05, 0.1) is 13.2 Å². The van der Waals surface area contributed by atoms with Crippen LogP contribution in [-0.4, -0.2) is 46.0 Å². The van der Waals surface area contributed by atoms with Crippen LogP contribution < -0.4 is 20.1 Å². The van der Waals surface area contributed by atoms with Crippen LogP contribution in [0.15, 0.2) is 23.2 Å². The Morgan fingerprint density at radius 1 is 1.22 bits per heavy atom. The highest BCUT2D eigenvalue weighted by atomic mass is 127. The Bertz CT molecular complexity index is 563. The lowest BCUT2D eigenvalue weighted by Gasteiger charge is -2.19. The highest BCUT2D eigenvalue weighted by Gasteiger charge is 2.18. The summed E-state index contributed by atoms with van der Waals surface area (Å²) in [6.45, 7) is 5.01. The summed E-state index contributed by atoms with van der Waals surface area (Å²) in [5.74, 6) is 2.50. The number of hydrogen-bond donors (Lipinski definition) is 2. The number of nitrogens with one attached hydrogen (secondary N) is 2. The monoisotopic (exact) mass is 491 g/mol. The predicted molar refractivity (Wildman–Crippen MR) is 121 cm³/mol. The molecule has 0 amide bonds. The van der Waals surface area contributed by atoms with E-state index in [2.05, 4.69) is 21.7 Å². The summed E-state index contributed by atoms with van der Waals surface area (Å²) < 4.78 is 17.0. The molecule has 1 aromatic carbocycles. The first-order chi connectivity index (χ1) is 12.8. The molecule has 0 aliphatic heterocycles. The van der Waals surface area contributed by atoms with Gasteiger partial charge in [-0.3, -0.25) is 4.99 Å². The number of ether oxygens (including phenoxy) is 3.